The van der Waals surface area contributed by atoms with Crippen molar-refractivity contribution in [3.8, 4) is 0 Å². The van der Waals surface area contributed by atoms with E-state index in [4.69, 9.17) is 10.2 Å². The Balaban J connectivity index is 1.81. The Hall–Kier alpha value is -3.08. The molecular formula is C26H32N2O2. The van der Waals surface area contributed by atoms with E-state index in [2.05, 4.69) is 35.2 Å². The van der Waals surface area contributed by atoms with Gasteiger partial charge < -0.3 is 20.0 Å². The van der Waals surface area contributed by atoms with Gasteiger partial charge in [0.25, 0.3) is 0 Å². The van der Waals surface area contributed by atoms with Crippen LogP contribution in [0.3, 0.4) is 0 Å². The van der Waals surface area contributed by atoms with Crippen LogP contribution in [0.4, 0.5) is 11.4 Å². The summed E-state index contributed by atoms with van der Waals surface area (Å²) in [4.78, 5) is 4.05. The highest BCUT2D eigenvalue weighted by Gasteiger charge is 2.04. The molecule has 0 bridgehead atoms. The minimum atomic E-state index is 0.0674. The lowest BCUT2D eigenvalue weighted by molar-refractivity contribution is 0.281. The predicted molar refractivity (Wildman–Crippen MR) is 130 cm³/mol. The third-order valence-electron chi connectivity index (χ3n) is 4.54. The molecule has 0 fully saturated rings. The molecule has 158 valence electrons. The average molecular weight is 405 g/mol. The van der Waals surface area contributed by atoms with E-state index in [1.165, 1.54) is 11.3 Å². The van der Waals surface area contributed by atoms with E-state index in [1.54, 1.807) is 0 Å². The van der Waals surface area contributed by atoms with Crippen molar-refractivity contribution >= 4 is 23.5 Å². The van der Waals surface area contributed by atoms with Crippen molar-refractivity contribution in [1.82, 2.24) is 0 Å². The van der Waals surface area contributed by atoms with Gasteiger partial charge in [-0.3, -0.25) is 0 Å². The summed E-state index contributed by atoms with van der Waals surface area (Å²) in [5.74, 6) is 0. The second-order valence-electron chi connectivity index (χ2n) is 7.00. The summed E-state index contributed by atoms with van der Waals surface area (Å²) < 4.78 is 0. The van der Waals surface area contributed by atoms with E-state index in [-0.39, 0.29) is 13.2 Å². The molecule has 2 rings (SSSR count). The summed E-state index contributed by atoms with van der Waals surface area (Å²) in [7, 11) is 4.07. The molecule has 2 N–H and O–H groups in total. The van der Waals surface area contributed by atoms with Crippen LogP contribution in [-0.4, -0.2) is 50.6 Å². The summed E-state index contributed by atoms with van der Waals surface area (Å²) in [5.41, 5.74) is 4.46. The van der Waals surface area contributed by atoms with Crippen LogP contribution in [0, 0.1) is 0 Å². The first-order valence-corrected chi connectivity index (χ1v) is 10.2. The van der Waals surface area contributed by atoms with Crippen LogP contribution in [0.5, 0.6) is 0 Å². The molecule has 4 nitrogen and oxygen atoms in total. The highest BCUT2D eigenvalue weighted by atomic mass is 16.3. The van der Waals surface area contributed by atoms with Gasteiger partial charge >= 0.3 is 0 Å². The third kappa shape index (κ3) is 8.11. The topological polar surface area (TPSA) is 46.9 Å². The van der Waals surface area contributed by atoms with Gasteiger partial charge in [-0.2, -0.15) is 0 Å². The number of allylic oxidation sites excluding steroid dienone is 6. The molecule has 0 aliphatic heterocycles. The maximum atomic E-state index is 9.13. The zero-order valence-electron chi connectivity index (χ0n) is 17.9. The fraction of sp³-hybridized carbons (Fsp3) is 0.231. The van der Waals surface area contributed by atoms with Gasteiger partial charge in [0, 0.05) is 38.6 Å². The highest BCUT2D eigenvalue weighted by molar-refractivity contribution is 5.58. The molecule has 4 heteroatoms. The molecule has 0 saturated carbocycles. The number of nitrogens with zero attached hydrogens (tertiary/aromatic N) is 2. The zero-order valence-corrected chi connectivity index (χ0v) is 17.9. The molecule has 0 saturated heterocycles. The molecule has 0 amide bonds. The summed E-state index contributed by atoms with van der Waals surface area (Å²) in [6.45, 7) is 1.16. The highest BCUT2D eigenvalue weighted by Crippen LogP contribution is 2.16. The van der Waals surface area contributed by atoms with Crippen LogP contribution in [0.25, 0.3) is 12.2 Å². The Morgan fingerprint density at radius 1 is 0.600 bits per heavy atom. The number of hydrogen-bond acceptors (Lipinski definition) is 4. The normalized spacial score (nSPS) is 12.0. The van der Waals surface area contributed by atoms with Crippen molar-refractivity contribution in [2.24, 2.45) is 0 Å². The second kappa shape index (κ2) is 13.2. The minimum Gasteiger partial charge on any atom is -0.395 e. The predicted octanol–water partition coefficient (Wildman–Crippen LogP) is 4.38. The van der Waals surface area contributed by atoms with Gasteiger partial charge in [0.1, 0.15) is 0 Å². The molecule has 0 aliphatic rings. The molecule has 0 aliphatic carbocycles. The Kier molecular flexibility index (Phi) is 10.2. The Morgan fingerprint density at radius 2 is 1.00 bits per heavy atom. The molecule has 0 spiro atoms. The van der Waals surface area contributed by atoms with Crippen LogP contribution in [0.15, 0.2) is 85.0 Å². The Morgan fingerprint density at radius 3 is 1.40 bits per heavy atom. The standard InChI is InChI=1S/C26H32N2O2/c1-27(2)25-15-11-23(12-16-25)9-7-5-3-4-6-8-10-24-13-17-26(18-14-24)28(19-21-29)20-22-30/h3-18,29-30H,19-22H2,1-2H3. The maximum absolute atomic E-state index is 9.13. The molecule has 0 unspecified atom stereocenters. The molecule has 0 atom stereocenters. The molecule has 2 aromatic rings. The van der Waals surface area contributed by atoms with Gasteiger partial charge in [-0.15, -0.1) is 0 Å². The fourth-order valence-corrected chi connectivity index (χ4v) is 2.88. The number of aliphatic hydroxyl groups is 2. The van der Waals surface area contributed by atoms with Crippen LogP contribution in [0.2, 0.25) is 0 Å². The SMILES string of the molecule is CN(C)c1ccc(C=CC=CC=CC=Cc2ccc(N(CCO)CCO)cc2)cc1. The quantitative estimate of drug-likeness (QED) is 0.546. The van der Waals surface area contributed by atoms with E-state index in [0.717, 1.165) is 11.3 Å². The van der Waals surface area contributed by atoms with Gasteiger partial charge in [0.2, 0.25) is 0 Å². The van der Waals surface area contributed by atoms with Gasteiger partial charge in [0.05, 0.1) is 13.2 Å². The van der Waals surface area contributed by atoms with E-state index < -0.39 is 0 Å². The monoisotopic (exact) mass is 404 g/mol. The van der Waals surface area contributed by atoms with Crippen LogP contribution < -0.4 is 9.80 Å². The smallest absolute Gasteiger partial charge is 0.0606 e. The van der Waals surface area contributed by atoms with Crippen LogP contribution in [-0.2, 0) is 0 Å². The summed E-state index contributed by atoms with van der Waals surface area (Å²) >= 11 is 0. The summed E-state index contributed by atoms with van der Waals surface area (Å²) in [5, 5.41) is 18.3. The fourth-order valence-electron chi connectivity index (χ4n) is 2.88. The van der Waals surface area contributed by atoms with E-state index >= 15 is 0 Å². The molecule has 0 radical (unpaired) electrons. The van der Waals surface area contributed by atoms with Crippen LogP contribution >= 0.6 is 0 Å². The van der Waals surface area contributed by atoms with Crippen molar-refractivity contribution in [2.45, 2.75) is 0 Å². The van der Waals surface area contributed by atoms with E-state index in [9.17, 15) is 0 Å². The van der Waals surface area contributed by atoms with Crippen LogP contribution in [0.1, 0.15) is 11.1 Å². The zero-order chi connectivity index (χ0) is 21.6. The lowest BCUT2D eigenvalue weighted by atomic mass is 10.1. The summed E-state index contributed by atoms with van der Waals surface area (Å²) in [6, 6.07) is 16.5. The van der Waals surface area contributed by atoms with Gasteiger partial charge in [-0.25, -0.2) is 0 Å². The first-order chi connectivity index (χ1) is 14.6. The third-order valence-corrected chi connectivity index (χ3v) is 4.54. The maximum Gasteiger partial charge on any atom is 0.0606 e. The molecular weight excluding hydrogens is 372 g/mol. The van der Waals surface area contributed by atoms with Crippen molar-refractivity contribution in [3.05, 3.63) is 96.1 Å². The number of rotatable bonds is 11. The van der Waals surface area contributed by atoms with E-state index in [1.807, 2.05) is 85.8 Å². The number of aliphatic hydroxyl groups excluding tert-OH is 2. The van der Waals surface area contributed by atoms with Crippen molar-refractivity contribution in [2.75, 3.05) is 50.2 Å². The molecule has 2 aromatic carbocycles. The largest absolute Gasteiger partial charge is 0.395 e. The lowest BCUT2D eigenvalue weighted by Crippen LogP contribution is -2.29. The van der Waals surface area contributed by atoms with Crippen molar-refractivity contribution in [1.29, 1.82) is 0 Å². The molecule has 30 heavy (non-hydrogen) atoms. The Labute approximate surface area is 180 Å². The van der Waals surface area contributed by atoms with Crippen molar-refractivity contribution in [3.63, 3.8) is 0 Å². The summed E-state index contributed by atoms with van der Waals surface area (Å²) in [6.07, 6.45) is 16.2. The lowest BCUT2D eigenvalue weighted by Gasteiger charge is -2.22. The number of anilines is 2. The van der Waals surface area contributed by atoms with E-state index in [0.29, 0.717) is 13.1 Å². The average Bonchev–Trinajstić information content (AvgIpc) is 2.76. The molecule has 0 aromatic heterocycles. The van der Waals surface area contributed by atoms with Crippen molar-refractivity contribution < 1.29 is 10.2 Å². The first kappa shape index (κ1) is 23.2. The Bertz CT molecular complexity index is 842. The van der Waals surface area contributed by atoms with Gasteiger partial charge in [-0.05, 0) is 35.4 Å². The second-order valence-corrected chi connectivity index (χ2v) is 7.00. The number of benzene rings is 2. The molecule has 0 heterocycles. The first-order valence-electron chi connectivity index (χ1n) is 10.2. The number of hydrogen-bond donors (Lipinski definition) is 2. The minimum absolute atomic E-state index is 0.0674. The van der Waals surface area contributed by atoms with Gasteiger partial charge in [-0.1, -0.05) is 72.9 Å². The van der Waals surface area contributed by atoms with Gasteiger partial charge in [0.15, 0.2) is 0 Å².